The third kappa shape index (κ3) is 3.68. The Hall–Kier alpha value is -0.740. The van der Waals surface area contributed by atoms with Crippen molar-refractivity contribution in [1.29, 1.82) is 0 Å². The van der Waals surface area contributed by atoms with Crippen LogP contribution >= 0.6 is 7.37 Å². The number of carbonyl (C=O) groups is 1. The van der Waals surface area contributed by atoms with Crippen molar-refractivity contribution in [3.05, 3.63) is 23.0 Å². The molecular weight excluding hydrogens is 433 g/mol. The second-order valence-electron chi connectivity index (χ2n) is 12.6. The summed E-state index contributed by atoms with van der Waals surface area (Å²) >= 11 is 0. The van der Waals surface area contributed by atoms with E-state index in [-0.39, 0.29) is 34.7 Å². The van der Waals surface area contributed by atoms with Crippen molar-refractivity contribution < 1.29 is 24.1 Å². The molecule has 33 heavy (non-hydrogen) atoms. The maximum Gasteiger partial charge on any atom is 0.349 e. The fraction of sp³-hybridized carbons (Fsp3) is 0.815. The summed E-state index contributed by atoms with van der Waals surface area (Å²) in [6.45, 7) is 14.0. The van der Waals surface area contributed by atoms with Crippen molar-refractivity contribution in [2.45, 2.75) is 98.6 Å². The molecule has 1 unspecified atom stereocenters. The molecule has 2 saturated carbocycles. The van der Waals surface area contributed by atoms with Gasteiger partial charge in [-0.1, -0.05) is 19.9 Å². The van der Waals surface area contributed by atoms with Crippen molar-refractivity contribution in [1.82, 2.24) is 0 Å². The maximum absolute atomic E-state index is 13.8. The number of amides is 1. The molecule has 0 aromatic heterocycles. The zero-order chi connectivity index (χ0) is 24.6. The van der Waals surface area contributed by atoms with E-state index in [9.17, 15) is 19.5 Å². The highest BCUT2D eigenvalue weighted by molar-refractivity contribution is 7.61. The Morgan fingerprint density at radius 2 is 1.73 bits per heavy atom. The average molecular weight is 479 g/mol. The highest BCUT2D eigenvalue weighted by Crippen LogP contribution is 2.67. The predicted molar refractivity (Wildman–Crippen MR) is 132 cm³/mol. The lowest BCUT2D eigenvalue weighted by atomic mass is 9.48. The summed E-state index contributed by atoms with van der Waals surface area (Å²) in [6.07, 6.45) is 11.1. The van der Waals surface area contributed by atoms with Gasteiger partial charge in [-0.3, -0.25) is 4.57 Å². The van der Waals surface area contributed by atoms with E-state index < -0.39 is 12.0 Å². The number of quaternary nitrogens is 1. The molecule has 0 heterocycles. The third-order valence-corrected chi connectivity index (χ3v) is 11.9. The van der Waals surface area contributed by atoms with E-state index >= 15 is 0 Å². The molecule has 0 spiro atoms. The number of carbonyl (C=O) groups excluding carboxylic acids is 1. The maximum atomic E-state index is 13.8. The molecule has 0 saturated heterocycles. The molecular formula is C27H45NO4P+. The number of allylic oxidation sites excluding steroid dienone is 4. The largest absolute Gasteiger partial charge is 0.349 e. The van der Waals surface area contributed by atoms with E-state index in [2.05, 4.69) is 19.9 Å². The highest BCUT2D eigenvalue weighted by Gasteiger charge is 2.63. The molecule has 6 heteroatoms. The summed E-state index contributed by atoms with van der Waals surface area (Å²) in [4.78, 5) is 24.0. The van der Waals surface area contributed by atoms with Crippen LogP contribution in [0.1, 0.15) is 86.5 Å². The van der Waals surface area contributed by atoms with E-state index in [0.717, 1.165) is 43.8 Å². The first kappa shape index (κ1) is 25.4. The number of hydrogen-bond acceptors (Lipinski definition) is 3. The molecule has 7 atom stereocenters. The van der Waals surface area contributed by atoms with Crippen LogP contribution in [0, 0.1) is 34.5 Å². The average Bonchev–Trinajstić information content (AvgIpc) is 3.07. The normalized spacial score (nSPS) is 40.5. The van der Waals surface area contributed by atoms with Gasteiger partial charge >= 0.3 is 5.91 Å². The van der Waals surface area contributed by atoms with Gasteiger partial charge in [0.25, 0.3) is 0 Å². The molecule has 186 valence electrons. The van der Waals surface area contributed by atoms with Crippen LogP contribution in [0.15, 0.2) is 23.0 Å². The number of nitrogens with zero attached hydrogens (tertiary/aromatic N) is 1. The second kappa shape index (κ2) is 8.15. The van der Waals surface area contributed by atoms with Gasteiger partial charge in [-0.15, -0.1) is 4.65 Å². The van der Waals surface area contributed by atoms with Crippen molar-refractivity contribution in [2.75, 3.05) is 6.66 Å². The minimum absolute atomic E-state index is 0.0218. The standard InChI is InChI=1S/C27H44NO4P/c1-17(2)28(30,18(3)4)25(29)24-11-10-22-21-9-8-19-16-20(33(7,31)32)12-14-26(19,5)23(21)13-15-27(22,24)6/h8,16-18,21-24,30H,9-15H2,1-7H3/p+1/t21-,22-,23-,24+,26-,27-/m0/s1. The fourth-order valence-corrected chi connectivity index (χ4v) is 9.30. The van der Waals surface area contributed by atoms with E-state index in [0.29, 0.717) is 24.2 Å². The smallest absolute Gasteiger partial charge is 0.341 e. The summed E-state index contributed by atoms with van der Waals surface area (Å²) in [5, 5.41) is 12.2. The van der Waals surface area contributed by atoms with Gasteiger partial charge in [0.1, 0.15) is 12.1 Å². The zero-order valence-electron chi connectivity index (χ0n) is 21.7. The molecule has 0 bridgehead atoms. The van der Waals surface area contributed by atoms with Gasteiger partial charge in [0.05, 0.1) is 5.92 Å². The van der Waals surface area contributed by atoms with Gasteiger partial charge in [-0.25, -0.2) is 10.0 Å². The Balaban J connectivity index is 1.64. The first-order chi connectivity index (χ1) is 15.2. The minimum atomic E-state index is -3.19. The van der Waals surface area contributed by atoms with Crippen LogP contribution < -0.4 is 0 Å². The highest BCUT2D eigenvalue weighted by atomic mass is 31.2. The Morgan fingerprint density at radius 3 is 2.30 bits per heavy atom. The van der Waals surface area contributed by atoms with Crippen LogP contribution in [-0.2, 0) is 9.36 Å². The first-order valence-corrected chi connectivity index (χ1v) is 15.2. The number of hydrogen-bond donors (Lipinski definition) is 2. The molecule has 0 aromatic carbocycles. The number of hydroxylamine groups is 3. The SMILES string of the molecule is CC(C)[N+](O)(C(=O)[C@H]1CC[C@H]2[C@@H]3CC=C4C=C(P(C)(=O)O)CC[C@]4(C)[C@H]3CC[C@]12C)C(C)C. The lowest BCUT2D eigenvalue weighted by Gasteiger charge is -2.57. The molecule has 0 aromatic rings. The van der Waals surface area contributed by atoms with Crippen LogP contribution in [-0.4, -0.2) is 39.4 Å². The number of rotatable bonds is 4. The summed E-state index contributed by atoms with van der Waals surface area (Å²) in [5.74, 6) is 1.53. The van der Waals surface area contributed by atoms with Crippen molar-refractivity contribution in [2.24, 2.45) is 34.5 Å². The Labute approximate surface area is 200 Å². The molecule has 2 N–H and O–H groups in total. The summed E-state index contributed by atoms with van der Waals surface area (Å²) < 4.78 is 11.8. The summed E-state index contributed by atoms with van der Waals surface area (Å²) in [5.41, 5.74) is 1.26. The first-order valence-electron chi connectivity index (χ1n) is 13.0. The van der Waals surface area contributed by atoms with E-state index in [1.807, 2.05) is 33.8 Å². The van der Waals surface area contributed by atoms with Crippen LogP contribution in [0.5, 0.6) is 0 Å². The van der Waals surface area contributed by atoms with E-state index in [1.54, 1.807) is 0 Å². The van der Waals surface area contributed by atoms with Gasteiger partial charge < -0.3 is 4.89 Å². The van der Waals surface area contributed by atoms with Crippen molar-refractivity contribution in [3.63, 3.8) is 0 Å². The van der Waals surface area contributed by atoms with Crippen LogP contribution in [0.3, 0.4) is 0 Å². The lowest BCUT2D eigenvalue weighted by Crippen LogP contribution is -2.63. The van der Waals surface area contributed by atoms with Gasteiger partial charge in [-0.05, 0) is 113 Å². The van der Waals surface area contributed by atoms with E-state index in [4.69, 9.17) is 0 Å². The van der Waals surface area contributed by atoms with Crippen LogP contribution in [0.4, 0.5) is 0 Å². The molecule has 5 nitrogen and oxygen atoms in total. The Bertz CT molecular complexity index is 922. The zero-order valence-corrected chi connectivity index (χ0v) is 22.6. The van der Waals surface area contributed by atoms with Crippen LogP contribution in [0.25, 0.3) is 0 Å². The van der Waals surface area contributed by atoms with Crippen molar-refractivity contribution in [3.8, 4) is 0 Å². The monoisotopic (exact) mass is 478 g/mol. The molecule has 2 fully saturated rings. The van der Waals surface area contributed by atoms with Gasteiger partial charge in [0, 0.05) is 12.0 Å². The molecule has 0 aliphatic heterocycles. The predicted octanol–water partition coefficient (Wildman–Crippen LogP) is 6.51. The van der Waals surface area contributed by atoms with Crippen LogP contribution in [0.2, 0.25) is 0 Å². The van der Waals surface area contributed by atoms with Gasteiger partial charge in [0.15, 0.2) is 0 Å². The fourth-order valence-electron chi connectivity index (χ4n) is 8.40. The second-order valence-corrected chi connectivity index (χ2v) is 15.0. The molecule has 1 amide bonds. The lowest BCUT2D eigenvalue weighted by molar-refractivity contribution is -1.07. The molecule has 0 radical (unpaired) electrons. The third-order valence-electron chi connectivity index (χ3n) is 10.5. The summed E-state index contributed by atoms with van der Waals surface area (Å²) in [6, 6.07) is -0.306. The topological polar surface area (TPSA) is 74.6 Å². The van der Waals surface area contributed by atoms with Gasteiger partial charge in [-0.2, -0.15) is 0 Å². The molecule has 4 rings (SSSR count). The molecule has 4 aliphatic carbocycles. The summed E-state index contributed by atoms with van der Waals surface area (Å²) in [7, 11) is -3.19. The van der Waals surface area contributed by atoms with Crippen molar-refractivity contribution >= 4 is 13.3 Å². The Morgan fingerprint density at radius 1 is 1.09 bits per heavy atom. The Kier molecular flexibility index (Phi) is 6.26. The van der Waals surface area contributed by atoms with Gasteiger partial charge in [0.2, 0.25) is 7.37 Å². The number of fused-ring (bicyclic) bond motifs is 5. The minimum Gasteiger partial charge on any atom is -0.341 e. The quantitative estimate of drug-likeness (QED) is 0.209. The molecule has 4 aliphatic rings. The van der Waals surface area contributed by atoms with E-state index in [1.165, 1.54) is 12.2 Å².